The highest BCUT2D eigenvalue weighted by molar-refractivity contribution is 5.66. The number of nitrogens with zero attached hydrogens (tertiary/aromatic N) is 1. The van der Waals surface area contributed by atoms with Crippen LogP contribution in [-0.2, 0) is 4.79 Å². The van der Waals surface area contributed by atoms with E-state index in [4.69, 9.17) is 10.4 Å². The molecule has 1 unspecified atom stereocenters. The first-order valence-corrected chi connectivity index (χ1v) is 4.61. The Morgan fingerprint density at radius 1 is 1.50 bits per heavy atom. The molecule has 0 saturated carbocycles. The summed E-state index contributed by atoms with van der Waals surface area (Å²) in [4.78, 5) is 10.3. The summed E-state index contributed by atoms with van der Waals surface area (Å²) in [5.74, 6) is -3.35. The fourth-order valence-electron chi connectivity index (χ4n) is 1.34. The third-order valence-electron chi connectivity index (χ3n) is 2.14. The van der Waals surface area contributed by atoms with Crippen LogP contribution in [0.5, 0.6) is 0 Å². The van der Waals surface area contributed by atoms with E-state index in [1.54, 1.807) is 6.07 Å². The van der Waals surface area contributed by atoms with Crippen LogP contribution in [0.15, 0.2) is 18.2 Å². The number of rotatable bonds is 4. The minimum atomic E-state index is -1.07. The summed E-state index contributed by atoms with van der Waals surface area (Å²) in [6, 6.07) is 4.57. The molecule has 16 heavy (non-hydrogen) atoms. The van der Waals surface area contributed by atoms with Gasteiger partial charge in [-0.15, -0.1) is 0 Å². The Labute approximate surface area is 90.9 Å². The van der Waals surface area contributed by atoms with E-state index in [0.29, 0.717) is 0 Å². The third-order valence-corrected chi connectivity index (χ3v) is 2.14. The highest BCUT2D eigenvalue weighted by atomic mass is 19.1. The molecule has 1 aromatic rings. The second kappa shape index (κ2) is 5.21. The number of benzene rings is 1. The van der Waals surface area contributed by atoms with E-state index in [9.17, 15) is 13.6 Å². The maximum atomic E-state index is 13.3. The molecule has 0 radical (unpaired) electrons. The predicted octanol–water partition coefficient (Wildman–Crippen LogP) is 2.44. The molecule has 0 aliphatic carbocycles. The lowest BCUT2D eigenvalue weighted by Gasteiger charge is -2.08. The van der Waals surface area contributed by atoms with Crippen molar-refractivity contribution in [2.75, 3.05) is 0 Å². The molecule has 84 valence electrons. The van der Waals surface area contributed by atoms with Crippen molar-refractivity contribution in [2.24, 2.45) is 0 Å². The molecule has 3 nitrogen and oxygen atoms in total. The molecule has 0 amide bonds. The predicted molar refractivity (Wildman–Crippen MR) is 51.6 cm³/mol. The zero-order valence-electron chi connectivity index (χ0n) is 8.28. The second-order valence-electron chi connectivity index (χ2n) is 3.28. The van der Waals surface area contributed by atoms with Crippen molar-refractivity contribution in [3.8, 4) is 6.07 Å². The second-order valence-corrected chi connectivity index (χ2v) is 3.28. The first kappa shape index (κ1) is 12.1. The summed E-state index contributed by atoms with van der Waals surface area (Å²) in [5, 5.41) is 17.2. The van der Waals surface area contributed by atoms with Gasteiger partial charge in [-0.2, -0.15) is 5.26 Å². The fraction of sp³-hybridized carbons (Fsp3) is 0.273. The van der Waals surface area contributed by atoms with Crippen molar-refractivity contribution in [1.29, 1.82) is 5.26 Å². The number of hydrogen-bond acceptors (Lipinski definition) is 2. The molecule has 1 aromatic carbocycles. The highest BCUT2D eigenvalue weighted by Gasteiger charge is 2.17. The van der Waals surface area contributed by atoms with E-state index in [1.165, 1.54) is 0 Å². The Morgan fingerprint density at radius 3 is 2.75 bits per heavy atom. The Morgan fingerprint density at radius 2 is 2.19 bits per heavy atom. The van der Waals surface area contributed by atoms with Gasteiger partial charge in [0.2, 0.25) is 0 Å². The molecule has 1 atom stereocenters. The highest BCUT2D eigenvalue weighted by Crippen LogP contribution is 2.24. The van der Waals surface area contributed by atoms with Gasteiger partial charge in [0.25, 0.3) is 0 Å². The lowest BCUT2D eigenvalue weighted by Crippen LogP contribution is -2.04. The number of hydrogen-bond donors (Lipinski definition) is 1. The van der Waals surface area contributed by atoms with Crippen LogP contribution in [0.1, 0.15) is 24.3 Å². The molecule has 0 bridgehead atoms. The van der Waals surface area contributed by atoms with Crippen LogP contribution >= 0.6 is 0 Å². The standard InChI is InChI=1S/C11H9F2NO2/c12-8-2-3-10(13)9(5-8)7(6-14)1-4-11(15)16/h2-3,5,7H,1,4H2,(H,15,16). The molecule has 0 fully saturated rings. The lowest BCUT2D eigenvalue weighted by molar-refractivity contribution is -0.137. The van der Waals surface area contributed by atoms with Crippen molar-refractivity contribution in [1.82, 2.24) is 0 Å². The maximum Gasteiger partial charge on any atom is 0.303 e. The molecule has 0 aliphatic heterocycles. The number of carboxylic acids is 1. The average molecular weight is 225 g/mol. The SMILES string of the molecule is N#CC(CCC(=O)O)c1cc(F)ccc1F. The van der Waals surface area contributed by atoms with E-state index >= 15 is 0 Å². The van der Waals surface area contributed by atoms with E-state index in [2.05, 4.69) is 0 Å². The fourth-order valence-corrected chi connectivity index (χ4v) is 1.34. The quantitative estimate of drug-likeness (QED) is 0.855. The van der Waals surface area contributed by atoms with Gasteiger partial charge in [-0.25, -0.2) is 8.78 Å². The van der Waals surface area contributed by atoms with Crippen molar-refractivity contribution < 1.29 is 18.7 Å². The number of aliphatic carboxylic acids is 1. The van der Waals surface area contributed by atoms with Crippen LogP contribution in [0.3, 0.4) is 0 Å². The molecular formula is C11H9F2NO2. The van der Waals surface area contributed by atoms with Gasteiger partial charge >= 0.3 is 5.97 Å². The van der Waals surface area contributed by atoms with Gasteiger partial charge in [-0.1, -0.05) is 0 Å². The van der Waals surface area contributed by atoms with E-state index in [1.807, 2.05) is 0 Å². The largest absolute Gasteiger partial charge is 0.481 e. The van der Waals surface area contributed by atoms with Crippen LogP contribution in [0.25, 0.3) is 0 Å². The van der Waals surface area contributed by atoms with Gasteiger partial charge in [0.15, 0.2) is 0 Å². The summed E-state index contributed by atoms with van der Waals surface area (Å²) in [6.07, 6.45) is -0.291. The van der Waals surface area contributed by atoms with Crippen LogP contribution in [0.4, 0.5) is 8.78 Å². The summed E-state index contributed by atoms with van der Waals surface area (Å²) >= 11 is 0. The van der Waals surface area contributed by atoms with E-state index in [0.717, 1.165) is 18.2 Å². The molecule has 1 rings (SSSR count). The topological polar surface area (TPSA) is 61.1 Å². The van der Waals surface area contributed by atoms with Crippen LogP contribution in [0.2, 0.25) is 0 Å². The Hall–Kier alpha value is -1.96. The zero-order chi connectivity index (χ0) is 12.1. The smallest absolute Gasteiger partial charge is 0.303 e. The molecular weight excluding hydrogens is 216 g/mol. The normalized spacial score (nSPS) is 11.8. The summed E-state index contributed by atoms with van der Waals surface area (Å²) in [7, 11) is 0. The average Bonchev–Trinajstić information content (AvgIpc) is 2.23. The number of halogens is 2. The van der Waals surface area contributed by atoms with Gasteiger partial charge in [-0.3, -0.25) is 4.79 Å². The molecule has 0 aromatic heterocycles. The van der Waals surface area contributed by atoms with Crippen molar-refractivity contribution in [2.45, 2.75) is 18.8 Å². The lowest BCUT2D eigenvalue weighted by atomic mass is 9.95. The molecule has 5 heteroatoms. The van der Waals surface area contributed by atoms with Crippen molar-refractivity contribution in [3.05, 3.63) is 35.4 Å². The molecule has 0 saturated heterocycles. The first-order chi connectivity index (χ1) is 7.54. The minimum absolute atomic E-state index is 0.0355. The number of nitriles is 1. The van der Waals surface area contributed by atoms with Gasteiger partial charge in [0.05, 0.1) is 12.0 Å². The first-order valence-electron chi connectivity index (χ1n) is 4.61. The summed E-state index contributed by atoms with van der Waals surface area (Å²) in [6.45, 7) is 0. The minimum Gasteiger partial charge on any atom is -0.481 e. The molecule has 0 aliphatic rings. The summed E-state index contributed by atoms with van der Waals surface area (Å²) in [5.41, 5.74) is -0.0937. The molecule has 1 N–H and O–H groups in total. The Bertz CT molecular complexity index is 440. The van der Waals surface area contributed by atoms with Gasteiger partial charge in [0.1, 0.15) is 11.6 Å². The maximum absolute atomic E-state index is 13.3. The molecule has 0 spiro atoms. The Kier molecular flexibility index (Phi) is 3.95. The van der Waals surface area contributed by atoms with Gasteiger partial charge in [0, 0.05) is 12.0 Å². The number of carbonyl (C=O) groups is 1. The number of carboxylic acid groups (broad SMARTS) is 1. The van der Waals surface area contributed by atoms with Crippen molar-refractivity contribution >= 4 is 5.97 Å². The van der Waals surface area contributed by atoms with E-state index in [-0.39, 0.29) is 18.4 Å². The van der Waals surface area contributed by atoms with Crippen molar-refractivity contribution in [3.63, 3.8) is 0 Å². The zero-order valence-corrected chi connectivity index (χ0v) is 8.28. The van der Waals surface area contributed by atoms with Gasteiger partial charge in [-0.05, 0) is 24.6 Å². The third kappa shape index (κ3) is 3.02. The Balaban J connectivity index is 2.91. The van der Waals surface area contributed by atoms with E-state index < -0.39 is 23.5 Å². The monoisotopic (exact) mass is 225 g/mol. The van der Waals surface area contributed by atoms with Gasteiger partial charge < -0.3 is 5.11 Å². The summed E-state index contributed by atoms with van der Waals surface area (Å²) < 4.78 is 26.1. The van der Waals surface area contributed by atoms with Crippen LogP contribution in [0, 0.1) is 23.0 Å². The van der Waals surface area contributed by atoms with Crippen LogP contribution < -0.4 is 0 Å². The van der Waals surface area contributed by atoms with Crippen LogP contribution in [-0.4, -0.2) is 11.1 Å². The molecule has 0 heterocycles.